The van der Waals surface area contributed by atoms with E-state index in [1.165, 1.54) is 6.21 Å². The number of hydrogen-bond acceptors (Lipinski definition) is 3. The fourth-order valence-corrected chi connectivity index (χ4v) is 2.56. The zero-order valence-electron chi connectivity index (χ0n) is 14.5. The van der Waals surface area contributed by atoms with Crippen LogP contribution < -0.4 is 10.7 Å². The molecule has 0 unspecified atom stereocenters. The third-order valence-electron chi connectivity index (χ3n) is 3.73. The number of rotatable bonds is 6. The fraction of sp³-hybridized carbons (Fsp3) is 0.211. The molecule has 7 heteroatoms. The number of anilines is 1. The lowest BCUT2D eigenvalue weighted by Gasteiger charge is -2.07. The summed E-state index contributed by atoms with van der Waals surface area (Å²) >= 11 is 11.8. The van der Waals surface area contributed by atoms with Crippen LogP contribution in [0.25, 0.3) is 0 Å². The molecular formula is C19H19Cl2N3O2. The summed E-state index contributed by atoms with van der Waals surface area (Å²) in [6.07, 6.45) is 1.52. The van der Waals surface area contributed by atoms with Crippen molar-refractivity contribution in [3.8, 4) is 0 Å². The maximum absolute atomic E-state index is 11.9. The van der Waals surface area contributed by atoms with Crippen molar-refractivity contribution in [3.05, 3.63) is 63.1 Å². The molecule has 2 aromatic rings. The van der Waals surface area contributed by atoms with Crippen LogP contribution in [0.2, 0.25) is 10.0 Å². The summed E-state index contributed by atoms with van der Waals surface area (Å²) in [6, 6.07) is 10.6. The first-order valence-corrected chi connectivity index (χ1v) is 8.75. The smallest absolute Gasteiger partial charge is 0.240 e. The number of carbonyl (C=O) groups excluding carboxylic acids is 2. The van der Waals surface area contributed by atoms with Crippen LogP contribution in [-0.4, -0.2) is 18.0 Å². The average Bonchev–Trinajstić information content (AvgIpc) is 2.58. The number of nitrogens with zero attached hydrogens (tertiary/aromatic N) is 1. The lowest BCUT2D eigenvalue weighted by atomic mass is 10.1. The molecule has 0 bridgehead atoms. The van der Waals surface area contributed by atoms with Crippen LogP contribution in [-0.2, 0) is 9.59 Å². The van der Waals surface area contributed by atoms with Gasteiger partial charge in [0.15, 0.2) is 0 Å². The highest BCUT2D eigenvalue weighted by atomic mass is 35.5. The maximum atomic E-state index is 11.9. The molecule has 0 aromatic heterocycles. The Bertz CT molecular complexity index is 851. The predicted molar refractivity (Wildman–Crippen MR) is 106 cm³/mol. The van der Waals surface area contributed by atoms with Gasteiger partial charge in [0.2, 0.25) is 11.8 Å². The molecule has 2 rings (SSSR count). The van der Waals surface area contributed by atoms with E-state index in [9.17, 15) is 9.59 Å². The number of hydrazone groups is 1. The van der Waals surface area contributed by atoms with Crippen molar-refractivity contribution in [2.75, 3.05) is 5.32 Å². The quantitative estimate of drug-likeness (QED) is 0.562. The first kappa shape index (κ1) is 19.9. The summed E-state index contributed by atoms with van der Waals surface area (Å²) in [5, 5.41) is 7.56. The summed E-state index contributed by atoms with van der Waals surface area (Å²) in [7, 11) is 0. The number of halogens is 2. The Balaban J connectivity index is 1.78. The van der Waals surface area contributed by atoms with Crippen LogP contribution in [0.5, 0.6) is 0 Å². The van der Waals surface area contributed by atoms with Gasteiger partial charge in [-0.05, 0) is 49.2 Å². The van der Waals surface area contributed by atoms with Crippen LogP contribution >= 0.6 is 23.2 Å². The Hall–Kier alpha value is -2.37. The average molecular weight is 392 g/mol. The standard InChI is InChI=1S/C19H19Cl2N3O2/c1-12-3-6-16(9-13(12)2)23-18(25)7-8-19(26)24-22-11-14-4-5-15(20)10-17(14)21/h3-6,9-11H,7-8H2,1-2H3,(H,23,25)(H,24,26)/b22-11-. The van der Waals surface area contributed by atoms with Gasteiger partial charge >= 0.3 is 0 Å². The van der Waals surface area contributed by atoms with E-state index in [1.54, 1.807) is 18.2 Å². The Kier molecular flexibility index (Phi) is 7.18. The molecule has 0 spiro atoms. The fourth-order valence-electron chi connectivity index (χ4n) is 2.11. The predicted octanol–water partition coefficient (Wildman–Crippen LogP) is 4.48. The van der Waals surface area contributed by atoms with Crippen LogP contribution in [0.4, 0.5) is 5.69 Å². The summed E-state index contributed by atoms with van der Waals surface area (Å²) in [4.78, 5) is 23.7. The van der Waals surface area contributed by atoms with E-state index in [2.05, 4.69) is 15.8 Å². The van der Waals surface area contributed by atoms with Crippen LogP contribution in [0, 0.1) is 13.8 Å². The van der Waals surface area contributed by atoms with E-state index in [-0.39, 0.29) is 24.7 Å². The van der Waals surface area contributed by atoms with Crippen molar-refractivity contribution in [2.45, 2.75) is 26.7 Å². The second-order valence-corrected chi connectivity index (χ2v) is 6.65. The Morgan fingerprint density at radius 1 is 1.00 bits per heavy atom. The summed E-state index contributed by atoms with van der Waals surface area (Å²) in [5.74, 6) is -0.588. The molecule has 136 valence electrons. The first-order chi connectivity index (χ1) is 12.3. The van der Waals surface area contributed by atoms with Crippen molar-refractivity contribution in [1.29, 1.82) is 0 Å². The van der Waals surface area contributed by atoms with Gasteiger partial charge < -0.3 is 5.32 Å². The molecule has 0 atom stereocenters. The van der Waals surface area contributed by atoms with E-state index in [0.717, 1.165) is 11.1 Å². The highest BCUT2D eigenvalue weighted by Gasteiger charge is 2.07. The van der Waals surface area contributed by atoms with E-state index in [0.29, 0.717) is 21.3 Å². The van der Waals surface area contributed by atoms with Crippen molar-refractivity contribution in [1.82, 2.24) is 5.43 Å². The molecular weight excluding hydrogens is 373 g/mol. The Morgan fingerprint density at radius 2 is 1.73 bits per heavy atom. The van der Waals surface area contributed by atoms with Gasteiger partial charge in [0.05, 0.1) is 11.2 Å². The second-order valence-electron chi connectivity index (χ2n) is 5.81. The minimum Gasteiger partial charge on any atom is -0.326 e. The van der Waals surface area contributed by atoms with Crippen molar-refractivity contribution < 1.29 is 9.59 Å². The lowest BCUT2D eigenvalue weighted by molar-refractivity contribution is -0.124. The number of aryl methyl sites for hydroxylation is 2. The van der Waals surface area contributed by atoms with E-state index >= 15 is 0 Å². The van der Waals surface area contributed by atoms with Gasteiger partial charge in [-0.25, -0.2) is 5.43 Å². The Labute approximate surface area is 162 Å². The van der Waals surface area contributed by atoms with Gasteiger partial charge in [-0.1, -0.05) is 35.3 Å². The zero-order chi connectivity index (χ0) is 19.1. The molecule has 0 aliphatic carbocycles. The third-order valence-corrected chi connectivity index (χ3v) is 4.29. The monoisotopic (exact) mass is 391 g/mol. The third kappa shape index (κ3) is 6.17. The van der Waals surface area contributed by atoms with E-state index in [1.807, 2.05) is 32.0 Å². The minimum absolute atomic E-state index is 0.0301. The molecule has 0 saturated carbocycles. The van der Waals surface area contributed by atoms with Crippen LogP contribution in [0.3, 0.4) is 0 Å². The molecule has 0 aliphatic heterocycles. The van der Waals surface area contributed by atoms with Gasteiger partial charge in [-0.2, -0.15) is 5.10 Å². The molecule has 0 radical (unpaired) electrons. The number of amides is 2. The first-order valence-electron chi connectivity index (χ1n) is 7.99. The number of benzene rings is 2. The van der Waals surface area contributed by atoms with Gasteiger partial charge in [-0.3, -0.25) is 9.59 Å². The minimum atomic E-state index is -0.360. The molecule has 0 fully saturated rings. The normalized spacial score (nSPS) is 10.8. The molecule has 0 aliphatic rings. The molecule has 5 nitrogen and oxygen atoms in total. The highest BCUT2D eigenvalue weighted by molar-refractivity contribution is 6.36. The van der Waals surface area contributed by atoms with Crippen molar-refractivity contribution in [3.63, 3.8) is 0 Å². The Morgan fingerprint density at radius 3 is 2.42 bits per heavy atom. The molecule has 26 heavy (non-hydrogen) atoms. The molecule has 0 heterocycles. The zero-order valence-corrected chi connectivity index (χ0v) is 16.0. The SMILES string of the molecule is Cc1ccc(NC(=O)CCC(=O)N/N=C\c2ccc(Cl)cc2Cl)cc1C. The second kappa shape index (κ2) is 9.36. The van der Waals surface area contributed by atoms with Crippen molar-refractivity contribution >= 4 is 46.9 Å². The van der Waals surface area contributed by atoms with Gasteiger partial charge in [0.1, 0.15) is 0 Å². The van der Waals surface area contributed by atoms with Gasteiger partial charge in [-0.15, -0.1) is 0 Å². The van der Waals surface area contributed by atoms with Crippen molar-refractivity contribution in [2.24, 2.45) is 5.10 Å². The highest BCUT2D eigenvalue weighted by Crippen LogP contribution is 2.19. The summed E-state index contributed by atoms with van der Waals surface area (Å²) in [6.45, 7) is 3.98. The van der Waals surface area contributed by atoms with E-state index in [4.69, 9.17) is 23.2 Å². The van der Waals surface area contributed by atoms with Gasteiger partial charge in [0.25, 0.3) is 0 Å². The molecule has 2 aromatic carbocycles. The maximum Gasteiger partial charge on any atom is 0.240 e. The topological polar surface area (TPSA) is 70.6 Å². The van der Waals surface area contributed by atoms with Crippen LogP contribution in [0.15, 0.2) is 41.5 Å². The largest absolute Gasteiger partial charge is 0.326 e. The molecule has 0 saturated heterocycles. The number of hydrogen-bond donors (Lipinski definition) is 2. The lowest BCUT2D eigenvalue weighted by Crippen LogP contribution is -2.20. The number of carbonyl (C=O) groups is 2. The summed E-state index contributed by atoms with van der Waals surface area (Å²) in [5.41, 5.74) is 5.96. The van der Waals surface area contributed by atoms with E-state index < -0.39 is 0 Å². The molecule has 2 N–H and O–H groups in total. The van der Waals surface area contributed by atoms with Crippen LogP contribution in [0.1, 0.15) is 29.5 Å². The van der Waals surface area contributed by atoms with Gasteiger partial charge in [0, 0.05) is 29.1 Å². The number of nitrogens with one attached hydrogen (secondary N) is 2. The summed E-state index contributed by atoms with van der Waals surface area (Å²) < 4.78 is 0. The molecule has 2 amide bonds.